The van der Waals surface area contributed by atoms with Gasteiger partial charge in [0.1, 0.15) is 0 Å². The van der Waals surface area contributed by atoms with Crippen LogP contribution >= 0.6 is 0 Å². The van der Waals surface area contributed by atoms with Gasteiger partial charge in [0.25, 0.3) is 5.91 Å². The van der Waals surface area contributed by atoms with Gasteiger partial charge in [-0.1, -0.05) is 0 Å². The number of amides is 2. The molecule has 0 atom stereocenters. The topological polar surface area (TPSA) is 86.7 Å². The first-order valence-corrected chi connectivity index (χ1v) is 9.56. The minimum absolute atomic E-state index is 0.168. The molecule has 0 spiro atoms. The number of piperidine rings is 1. The van der Waals surface area contributed by atoms with Gasteiger partial charge in [-0.2, -0.15) is 0 Å². The van der Waals surface area contributed by atoms with Gasteiger partial charge in [0.05, 0.1) is 5.92 Å². The van der Waals surface area contributed by atoms with E-state index in [1.54, 1.807) is 29.2 Å². The van der Waals surface area contributed by atoms with E-state index in [1.165, 1.54) is 0 Å². The predicted molar refractivity (Wildman–Crippen MR) is 98.2 cm³/mol. The van der Waals surface area contributed by atoms with Crippen LogP contribution in [0.15, 0.2) is 24.3 Å². The monoisotopic (exact) mass is 394 g/mol. The number of carbonyl (C=O) groups excluding carboxylic acids is 2. The smallest absolute Gasteiger partial charge is 0.306 e. The van der Waals surface area contributed by atoms with Crippen LogP contribution in [0.2, 0.25) is 0 Å². The fourth-order valence-corrected chi connectivity index (χ4v) is 3.75. The average molecular weight is 394 g/mol. The molecule has 1 aliphatic heterocycles. The molecule has 1 aromatic carbocycles. The highest BCUT2D eigenvalue weighted by Crippen LogP contribution is 2.36. The molecule has 1 heterocycles. The lowest BCUT2D eigenvalue weighted by atomic mass is 9.86. The maximum absolute atomic E-state index is 13.2. The first kappa shape index (κ1) is 20.2. The van der Waals surface area contributed by atoms with Crippen molar-refractivity contribution in [3.05, 3.63) is 29.8 Å². The van der Waals surface area contributed by atoms with Crippen molar-refractivity contribution in [1.29, 1.82) is 0 Å². The van der Waals surface area contributed by atoms with Crippen LogP contribution in [0, 0.1) is 11.8 Å². The lowest BCUT2D eigenvalue weighted by Gasteiger charge is -2.30. The third kappa shape index (κ3) is 4.85. The Hall–Kier alpha value is -2.51. The number of anilines is 1. The number of carboxylic acids is 1. The predicted octanol–water partition coefficient (Wildman–Crippen LogP) is 3.39. The van der Waals surface area contributed by atoms with E-state index < -0.39 is 23.7 Å². The molecule has 1 saturated heterocycles. The molecule has 1 aromatic rings. The van der Waals surface area contributed by atoms with Crippen molar-refractivity contribution in [3.63, 3.8) is 0 Å². The van der Waals surface area contributed by atoms with Gasteiger partial charge in [0.15, 0.2) is 0 Å². The highest BCUT2D eigenvalue weighted by atomic mass is 19.3. The van der Waals surface area contributed by atoms with Gasteiger partial charge in [-0.25, -0.2) is 8.78 Å². The fourth-order valence-electron chi connectivity index (χ4n) is 3.75. The Morgan fingerprint density at radius 2 is 1.54 bits per heavy atom. The molecule has 8 heteroatoms. The largest absolute Gasteiger partial charge is 0.481 e. The molecular formula is C20H24F2N2O4. The van der Waals surface area contributed by atoms with E-state index in [9.17, 15) is 23.2 Å². The van der Waals surface area contributed by atoms with Crippen molar-refractivity contribution in [2.75, 3.05) is 18.4 Å². The Bertz CT molecular complexity index is 733. The Morgan fingerprint density at radius 3 is 2.07 bits per heavy atom. The first-order valence-electron chi connectivity index (χ1n) is 9.56. The highest BCUT2D eigenvalue weighted by molar-refractivity contribution is 5.96. The van der Waals surface area contributed by atoms with Crippen LogP contribution < -0.4 is 5.32 Å². The van der Waals surface area contributed by atoms with Crippen molar-refractivity contribution in [1.82, 2.24) is 4.90 Å². The Kier molecular flexibility index (Phi) is 5.96. The third-order valence-electron chi connectivity index (χ3n) is 5.62. The van der Waals surface area contributed by atoms with E-state index in [1.807, 2.05) is 0 Å². The molecule has 2 aliphatic rings. The third-order valence-corrected chi connectivity index (χ3v) is 5.62. The molecule has 6 nitrogen and oxygen atoms in total. The van der Waals surface area contributed by atoms with Crippen LogP contribution in [-0.2, 0) is 9.59 Å². The van der Waals surface area contributed by atoms with E-state index in [-0.39, 0.29) is 37.5 Å². The number of nitrogens with zero attached hydrogens (tertiary/aromatic N) is 1. The molecule has 28 heavy (non-hydrogen) atoms. The minimum atomic E-state index is -2.67. The van der Waals surface area contributed by atoms with E-state index in [0.717, 1.165) is 0 Å². The average Bonchev–Trinajstić information content (AvgIpc) is 2.68. The molecule has 1 saturated carbocycles. The highest BCUT2D eigenvalue weighted by Gasteiger charge is 2.37. The Morgan fingerprint density at radius 1 is 0.964 bits per heavy atom. The molecule has 0 radical (unpaired) electrons. The van der Waals surface area contributed by atoms with Crippen LogP contribution in [0.5, 0.6) is 0 Å². The summed E-state index contributed by atoms with van der Waals surface area (Å²) in [4.78, 5) is 37.4. The number of halogens is 2. The second-order valence-electron chi connectivity index (χ2n) is 7.60. The van der Waals surface area contributed by atoms with Crippen LogP contribution in [-0.4, -0.2) is 46.8 Å². The van der Waals surface area contributed by atoms with Gasteiger partial charge in [-0.15, -0.1) is 0 Å². The summed E-state index contributed by atoms with van der Waals surface area (Å²) < 4.78 is 26.4. The zero-order chi connectivity index (χ0) is 20.3. The van der Waals surface area contributed by atoms with Gasteiger partial charge in [-0.3, -0.25) is 14.4 Å². The Labute approximate surface area is 161 Å². The molecule has 3 rings (SSSR count). The van der Waals surface area contributed by atoms with Gasteiger partial charge < -0.3 is 15.3 Å². The van der Waals surface area contributed by atoms with E-state index in [4.69, 9.17) is 5.11 Å². The molecular weight excluding hydrogens is 370 g/mol. The van der Waals surface area contributed by atoms with Gasteiger partial charge in [-0.05, 0) is 49.9 Å². The SMILES string of the molecule is O=C(O)C1CCN(C(=O)c2ccc(NC(=O)C3CCC(F)(F)CC3)cc2)CC1. The number of benzene rings is 1. The van der Waals surface area contributed by atoms with E-state index >= 15 is 0 Å². The molecule has 2 fully saturated rings. The maximum atomic E-state index is 13.2. The molecule has 0 bridgehead atoms. The second kappa shape index (κ2) is 8.24. The quantitative estimate of drug-likeness (QED) is 0.820. The number of carboxylic acid groups (broad SMARTS) is 1. The van der Waals surface area contributed by atoms with Crippen molar-refractivity contribution in [3.8, 4) is 0 Å². The second-order valence-corrected chi connectivity index (χ2v) is 7.60. The lowest BCUT2D eigenvalue weighted by Crippen LogP contribution is -2.40. The van der Waals surface area contributed by atoms with Crippen molar-refractivity contribution < 1.29 is 28.3 Å². The molecule has 1 aliphatic carbocycles. The van der Waals surface area contributed by atoms with Gasteiger partial charge in [0.2, 0.25) is 11.8 Å². The molecule has 2 N–H and O–H groups in total. The number of aliphatic carboxylic acids is 1. The minimum Gasteiger partial charge on any atom is -0.481 e. The van der Waals surface area contributed by atoms with Gasteiger partial charge in [0, 0.05) is 43.1 Å². The summed E-state index contributed by atoms with van der Waals surface area (Å²) in [6.07, 6.45) is 0.683. The fraction of sp³-hybridized carbons (Fsp3) is 0.550. The molecule has 152 valence electrons. The zero-order valence-corrected chi connectivity index (χ0v) is 15.5. The molecule has 2 amide bonds. The number of hydrogen-bond acceptors (Lipinski definition) is 3. The van der Waals surface area contributed by atoms with Crippen LogP contribution in [0.25, 0.3) is 0 Å². The van der Waals surface area contributed by atoms with Crippen LogP contribution in [0.1, 0.15) is 48.9 Å². The molecule has 0 aromatic heterocycles. The summed E-state index contributed by atoms with van der Waals surface area (Å²) in [5, 5.41) is 11.8. The zero-order valence-electron chi connectivity index (χ0n) is 15.5. The van der Waals surface area contributed by atoms with Crippen molar-refractivity contribution >= 4 is 23.5 Å². The summed E-state index contributed by atoms with van der Waals surface area (Å²) >= 11 is 0. The van der Waals surface area contributed by atoms with Gasteiger partial charge >= 0.3 is 5.97 Å². The number of rotatable bonds is 4. The van der Waals surface area contributed by atoms with Crippen molar-refractivity contribution in [2.45, 2.75) is 44.4 Å². The summed E-state index contributed by atoms with van der Waals surface area (Å²) in [6, 6.07) is 6.45. The lowest BCUT2D eigenvalue weighted by molar-refractivity contribution is -0.143. The van der Waals surface area contributed by atoms with E-state index in [2.05, 4.69) is 5.32 Å². The van der Waals surface area contributed by atoms with Crippen LogP contribution in [0.4, 0.5) is 14.5 Å². The van der Waals surface area contributed by atoms with E-state index in [0.29, 0.717) is 37.2 Å². The summed E-state index contributed by atoms with van der Waals surface area (Å²) in [5.41, 5.74) is 0.979. The summed E-state index contributed by atoms with van der Waals surface area (Å²) in [5.74, 6) is -4.76. The number of hydrogen-bond donors (Lipinski definition) is 2. The normalized spacial score (nSPS) is 20.6. The first-order chi connectivity index (χ1) is 13.2. The maximum Gasteiger partial charge on any atom is 0.306 e. The Balaban J connectivity index is 1.53. The number of carbonyl (C=O) groups is 3. The van der Waals surface area contributed by atoms with Crippen molar-refractivity contribution in [2.24, 2.45) is 11.8 Å². The summed E-state index contributed by atoms with van der Waals surface area (Å²) in [7, 11) is 0. The molecule has 0 unspecified atom stereocenters. The number of likely N-dealkylation sites (tertiary alicyclic amines) is 1. The summed E-state index contributed by atoms with van der Waals surface area (Å²) in [6.45, 7) is 0.807. The standard InChI is InChI=1S/C20H24F2N2O4/c21-20(22)9-5-13(6-10-20)17(25)23-16-3-1-14(2-4-16)18(26)24-11-7-15(8-12-24)19(27)28/h1-4,13,15H,5-12H2,(H,23,25)(H,27,28). The number of alkyl halides is 2. The van der Waals surface area contributed by atoms with Crippen LogP contribution in [0.3, 0.4) is 0 Å². The number of nitrogens with one attached hydrogen (secondary N) is 1.